The number of likely N-dealkylation sites (N-methyl/N-ethyl adjacent to an activating group) is 1. The average molecular weight is 748 g/mol. The molecule has 1 saturated heterocycles. The largest absolute Gasteiger partial charge is 0.478 e. The van der Waals surface area contributed by atoms with Crippen LogP contribution in [0.25, 0.3) is 11.3 Å². The number of nitrogens with zero attached hydrogens (tertiary/aromatic N) is 3. The van der Waals surface area contributed by atoms with Crippen LogP contribution in [0.5, 0.6) is 0 Å². The van der Waals surface area contributed by atoms with Gasteiger partial charge < -0.3 is 25.5 Å². The van der Waals surface area contributed by atoms with Crippen LogP contribution >= 0.6 is 0 Å². The van der Waals surface area contributed by atoms with Gasteiger partial charge in [0.25, 0.3) is 17.7 Å². The Hall–Kier alpha value is -6.68. The topological polar surface area (TPSA) is 132 Å². The lowest BCUT2D eigenvalue weighted by Gasteiger charge is -2.29. The molecule has 55 heavy (non-hydrogen) atoms. The van der Waals surface area contributed by atoms with Gasteiger partial charge in [0, 0.05) is 67.9 Å². The lowest BCUT2D eigenvalue weighted by atomic mass is 10.0. The predicted molar refractivity (Wildman–Crippen MR) is 200 cm³/mol. The molecule has 2 heterocycles. The van der Waals surface area contributed by atoms with Crippen LogP contribution in [0.3, 0.4) is 0 Å². The van der Waals surface area contributed by atoms with Crippen LogP contribution in [-0.4, -0.2) is 58.8 Å². The number of aromatic carboxylic acids is 1. The molecule has 3 aromatic carbocycles. The Balaban J connectivity index is 1.22. The third kappa shape index (κ3) is 9.47. The highest BCUT2D eigenvalue weighted by molar-refractivity contribution is 6.10. The molecule has 6 rings (SSSR count). The van der Waals surface area contributed by atoms with Gasteiger partial charge in [0.1, 0.15) is 0 Å². The number of hydrogen-bond donors (Lipinski definition) is 3. The fraction of sp³-hybridized carbons (Fsp3) is 0.214. The number of amides is 3. The molecular weight excluding hydrogens is 711 g/mol. The summed E-state index contributed by atoms with van der Waals surface area (Å²) in [5, 5.41) is 14.9. The Labute approximate surface area is 315 Å². The smallest absolute Gasteiger partial charge is 0.416 e. The van der Waals surface area contributed by atoms with Crippen LogP contribution in [0, 0.1) is 0 Å². The van der Waals surface area contributed by atoms with Crippen molar-refractivity contribution in [1.29, 1.82) is 0 Å². The fourth-order valence-corrected chi connectivity index (χ4v) is 6.28. The van der Waals surface area contributed by atoms with Gasteiger partial charge in [0.15, 0.2) is 0 Å². The summed E-state index contributed by atoms with van der Waals surface area (Å²) in [5.41, 5.74) is 8.30. The van der Waals surface area contributed by atoms with Gasteiger partial charge in [-0.05, 0) is 91.1 Å². The summed E-state index contributed by atoms with van der Waals surface area (Å²) in [6, 6.07) is 19.6. The van der Waals surface area contributed by atoms with Crippen molar-refractivity contribution < 1.29 is 37.5 Å². The molecule has 1 aromatic heterocycles. The molecule has 3 N–H and O–H groups in total. The highest BCUT2D eigenvalue weighted by Crippen LogP contribution is 2.34. The third-order valence-corrected chi connectivity index (χ3v) is 9.15. The molecule has 0 radical (unpaired) electrons. The molecule has 0 spiro atoms. The van der Waals surface area contributed by atoms with Gasteiger partial charge in [-0.3, -0.25) is 19.4 Å². The van der Waals surface area contributed by atoms with Gasteiger partial charge in [-0.1, -0.05) is 35.7 Å². The Morgan fingerprint density at radius 2 is 1.65 bits per heavy atom. The number of aromatic nitrogens is 1. The minimum Gasteiger partial charge on any atom is -0.478 e. The Morgan fingerprint density at radius 3 is 2.42 bits per heavy atom. The quantitative estimate of drug-likeness (QED) is 0.139. The van der Waals surface area contributed by atoms with E-state index in [-0.39, 0.29) is 40.9 Å². The Kier molecular flexibility index (Phi) is 11.5. The fourth-order valence-electron chi connectivity index (χ4n) is 6.28. The van der Waals surface area contributed by atoms with Gasteiger partial charge in [-0.15, -0.1) is 0 Å². The van der Waals surface area contributed by atoms with Crippen molar-refractivity contribution in [2.75, 3.05) is 30.4 Å². The van der Waals surface area contributed by atoms with E-state index in [1.807, 2.05) is 12.1 Å². The van der Waals surface area contributed by atoms with Crippen molar-refractivity contribution in [3.05, 3.63) is 148 Å². The number of pyridine rings is 1. The van der Waals surface area contributed by atoms with Gasteiger partial charge in [0.2, 0.25) is 0 Å². The van der Waals surface area contributed by atoms with E-state index in [9.17, 15) is 37.5 Å². The summed E-state index contributed by atoms with van der Waals surface area (Å²) < 4.78 is 39.6. The Morgan fingerprint density at radius 1 is 0.891 bits per heavy atom. The first kappa shape index (κ1) is 38.1. The zero-order valence-electron chi connectivity index (χ0n) is 29.7. The summed E-state index contributed by atoms with van der Waals surface area (Å²) in [6.07, 6.45) is 2.91. The number of nitrogens with one attached hydrogen (secondary N) is 2. The zero-order chi connectivity index (χ0) is 39.1. The third-order valence-electron chi connectivity index (χ3n) is 9.15. The van der Waals surface area contributed by atoms with E-state index in [0.717, 1.165) is 50.2 Å². The van der Waals surface area contributed by atoms with Crippen molar-refractivity contribution in [2.24, 2.45) is 0 Å². The molecule has 0 bridgehead atoms. The van der Waals surface area contributed by atoms with Crippen molar-refractivity contribution in [3.8, 4) is 11.3 Å². The number of hydrogen-bond acceptors (Lipinski definition) is 6. The van der Waals surface area contributed by atoms with Gasteiger partial charge >= 0.3 is 12.1 Å². The van der Waals surface area contributed by atoms with E-state index in [1.54, 1.807) is 31.3 Å². The SMILES string of the molecule is CN(Cc1cccc(C(=O)O)c1)C(=O)C1=C=C=CC(C(=O)Nc2ccc(N3CCCCC3)cc2-c2cc(C(=O)NCc3cccc(C(F)(F)F)c3)ccn2)=C1. The van der Waals surface area contributed by atoms with Crippen LogP contribution in [0.1, 0.15) is 56.7 Å². The normalized spacial score (nSPS) is 13.8. The number of piperidine rings is 1. The van der Waals surface area contributed by atoms with Gasteiger partial charge in [0.05, 0.1) is 28.1 Å². The van der Waals surface area contributed by atoms with E-state index >= 15 is 0 Å². The number of carbonyl (C=O) groups excluding carboxylic acids is 3. The second-order valence-electron chi connectivity index (χ2n) is 13.1. The van der Waals surface area contributed by atoms with Crippen molar-refractivity contribution in [3.63, 3.8) is 0 Å². The second kappa shape index (κ2) is 16.6. The number of anilines is 2. The number of alkyl halides is 3. The maximum absolute atomic E-state index is 13.7. The van der Waals surface area contributed by atoms with Crippen LogP contribution < -0.4 is 15.5 Å². The molecule has 10 nitrogen and oxygen atoms in total. The molecule has 1 fully saturated rings. The van der Waals surface area contributed by atoms with Crippen molar-refractivity contribution >= 4 is 35.1 Å². The monoisotopic (exact) mass is 747 g/mol. The summed E-state index contributed by atoms with van der Waals surface area (Å²) >= 11 is 0. The number of carboxylic acid groups (broad SMARTS) is 1. The lowest BCUT2D eigenvalue weighted by molar-refractivity contribution is -0.137. The molecule has 3 amide bonds. The average Bonchev–Trinajstić information content (AvgIpc) is 3.20. The first-order valence-electron chi connectivity index (χ1n) is 17.5. The molecule has 1 aliphatic carbocycles. The minimum absolute atomic E-state index is 0.0794. The summed E-state index contributed by atoms with van der Waals surface area (Å²) in [7, 11) is 1.55. The molecule has 0 saturated carbocycles. The van der Waals surface area contributed by atoms with Crippen molar-refractivity contribution in [1.82, 2.24) is 15.2 Å². The molecule has 0 atom stereocenters. The number of carbonyl (C=O) groups is 4. The number of rotatable bonds is 11. The number of benzene rings is 3. The zero-order valence-corrected chi connectivity index (χ0v) is 29.7. The molecule has 280 valence electrons. The summed E-state index contributed by atoms with van der Waals surface area (Å²) in [4.78, 5) is 59.8. The lowest BCUT2D eigenvalue weighted by Crippen LogP contribution is -2.29. The van der Waals surface area contributed by atoms with E-state index < -0.39 is 35.4 Å². The first-order valence-corrected chi connectivity index (χ1v) is 17.5. The maximum Gasteiger partial charge on any atom is 0.416 e. The standard InChI is InChI=1S/C42H36F3N5O5/c1-49(26-28-9-5-12-32(20-28)41(54)55)40(53)31-11-7-10-29(22-31)39(52)48-36-15-14-34(50-18-3-2-4-19-50)24-35(36)37-23-30(16-17-46-37)38(51)47-25-27-8-6-13-33(21-27)42(43,44)45/h5-6,8-10,12-17,20-24H,2-4,18-19,25-26H2,1H3,(H,47,51)(H,48,52)(H,54,55). The van der Waals surface area contributed by atoms with E-state index in [4.69, 9.17) is 0 Å². The van der Waals surface area contributed by atoms with E-state index in [1.165, 1.54) is 53.6 Å². The molecule has 2 aliphatic rings. The van der Waals surface area contributed by atoms with Crippen LogP contribution in [0.2, 0.25) is 0 Å². The van der Waals surface area contributed by atoms with Gasteiger partial charge in [-0.25, -0.2) is 4.79 Å². The molecule has 13 heteroatoms. The molecule has 1 aliphatic heterocycles. The van der Waals surface area contributed by atoms with E-state index in [0.29, 0.717) is 22.5 Å². The predicted octanol–water partition coefficient (Wildman–Crippen LogP) is 7.16. The second-order valence-corrected chi connectivity index (χ2v) is 13.1. The first-order chi connectivity index (χ1) is 26.4. The highest BCUT2D eigenvalue weighted by Gasteiger charge is 2.30. The Bertz CT molecular complexity index is 2300. The van der Waals surface area contributed by atoms with Crippen molar-refractivity contribution in [2.45, 2.75) is 38.5 Å². The summed E-state index contributed by atoms with van der Waals surface area (Å²) in [5.74, 6) is -2.60. The number of carboxylic acids is 1. The van der Waals surface area contributed by atoms with Gasteiger partial charge in [-0.2, -0.15) is 13.2 Å². The maximum atomic E-state index is 13.7. The van der Waals surface area contributed by atoms with Crippen LogP contribution in [-0.2, 0) is 28.9 Å². The highest BCUT2D eigenvalue weighted by atomic mass is 19.4. The molecular formula is C42H36F3N5O5. The van der Waals surface area contributed by atoms with E-state index in [2.05, 4.69) is 32.0 Å². The minimum atomic E-state index is -4.51. The molecule has 0 unspecified atom stereocenters. The molecule has 4 aromatic rings. The van der Waals surface area contributed by atoms with Crippen LogP contribution in [0.4, 0.5) is 24.5 Å². The number of halogens is 3. The summed E-state index contributed by atoms with van der Waals surface area (Å²) in [6.45, 7) is 1.69. The van der Waals surface area contributed by atoms with Crippen LogP contribution in [0.15, 0.2) is 120 Å².